The zero-order chi connectivity index (χ0) is 12.8. The number of anilines is 1. The van der Waals surface area contributed by atoms with Gasteiger partial charge in [0, 0.05) is 21.9 Å². The normalized spacial score (nSPS) is 11.9. The average molecular weight is 274 g/mol. The Bertz CT molecular complexity index is 712. The molecule has 0 aliphatic carbocycles. The number of fused-ring (bicyclic) bond motifs is 1. The third-order valence-electron chi connectivity index (χ3n) is 2.36. The number of benzene rings is 2. The van der Waals surface area contributed by atoms with E-state index in [9.17, 15) is 13.5 Å². The van der Waals surface area contributed by atoms with Gasteiger partial charge in [-0.1, -0.05) is 17.7 Å². The fraction of sp³-hybridized carbons (Fsp3) is 0. The number of halogens is 1. The first-order chi connectivity index (χ1) is 7.80. The van der Waals surface area contributed by atoms with Crippen LogP contribution in [0.15, 0.2) is 29.2 Å². The first-order valence-electron chi connectivity index (χ1n) is 4.49. The molecule has 0 amide bonds. The maximum atomic E-state index is 11.2. The van der Waals surface area contributed by atoms with Gasteiger partial charge in [0.2, 0.25) is 0 Å². The van der Waals surface area contributed by atoms with Crippen LogP contribution >= 0.6 is 11.6 Å². The molecule has 5 nitrogen and oxygen atoms in total. The number of aromatic hydroxyl groups is 1. The van der Waals surface area contributed by atoms with Gasteiger partial charge in [0.15, 0.2) is 0 Å². The van der Waals surface area contributed by atoms with E-state index in [4.69, 9.17) is 21.9 Å². The highest BCUT2D eigenvalue weighted by molar-refractivity contribution is 7.86. The lowest BCUT2D eigenvalue weighted by atomic mass is 10.1. The standard InChI is InChI=1S/C10H8ClNO4S/c11-5-1-2-6-7(3-5)9(17(14,15)16)4-8(13)10(6)12/h1-4,13H,12H2,(H,14,15,16). The molecule has 90 valence electrons. The molecule has 2 aromatic rings. The molecule has 0 aliphatic heterocycles. The molecule has 0 heterocycles. The summed E-state index contributed by atoms with van der Waals surface area (Å²) in [5.41, 5.74) is 5.64. The van der Waals surface area contributed by atoms with Crippen LogP contribution in [0.5, 0.6) is 5.75 Å². The molecule has 0 saturated heterocycles. The van der Waals surface area contributed by atoms with Crippen LogP contribution in [-0.4, -0.2) is 18.1 Å². The Kier molecular flexibility index (Phi) is 2.65. The number of nitrogen functional groups attached to an aromatic ring is 1. The maximum Gasteiger partial charge on any atom is 0.295 e. The van der Waals surface area contributed by atoms with Crippen LogP contribution in [0.2, 0.25) is 5.02 Å². The Morgan fingerprint density at radius 3 is 2.41 bits per heavy atom. The van der Waals surface area contributed by atoms with Gasteiger partial charge in [0.05, 0.1) is 5.69 Å². The molecular weight excluding hydrogens is 266 g/mol. The van der Waals surface area contributed by atoms with Gasteiger partial charge in [-0.25, -0.2) is 0 Å². The van der Waals surface area contributed by atoms with Gasteiger partial charge in [-0.15, -0.1) is 0 Å². The van der Waals surface area contributed by atoms with Crippen LogP contribution < -0.4 is 5.73 Å². The second-order valence-corrected chi connectivity index (χ2v) is 5.30. The van der Waals surface area contributed by atoms with Crippen LogP contribution in [0.4, 0.5) is 5.69 Å². The predicted octanol–water partition coefficient (Wildman–Crippen LogP) is 2.03. The van der Waals surface area contributed by atoms with Gasteiger partial charge in [0.25, 0.3) is 10.1 Å². The molecule has 0 aliphatic rings. The van der Waals surface area contributed by atoms with E-state index in [1.807, 2.05) is 0 Å². The summed E-state index contributed by atoms with van der Waals surface area (Å²) in [7, 11) is -4.46. The molecule has 0 atom stereocenters. The van der Waals surface area contributed by atoms with E-state index < -0.39 is 20.8 Å². The third kappa shape index (κ3) is 2.02. The minimum absolute atomic E-state index is 0.0315. The zero-order valence-corrected chi connectivity index (χ0v) is 9.96. The first-order valence-corrected chi connectivity index (χ1v) is 6.30. The molecule has 0 radical (unpaired) electrons. The maximum absolute atomic E-state index is 11.2. The molecule has 0 unspecified atom stereocenters. The minimum atomic E-state index is -4.46. The Hall–Kier alpha value is -1.50. The van der Waals surface area contributed by atoms with Crippen molar-refractivity contribution in [2.75, 3.05) is 5.73 Å². The van der Waals surface area contributed by atoms with E-state index in [0.29, 0.717) is 10.4 Å². The minimum Gasteiger partial charge on any atom is -0.506 e. The number of phenols is 1. The van der Waals surface area contributed by atoms with Gasteiger partial charge < -0.3 is 10.8 Å². The third-order valence-corrected chi connectivity index (χ3v) is 3.49. The first kappa shape index (κ1) is 12.0. The van der Waals surface area contributed by atoms with Crippen molar-refractivity contribution in [1.82, 2.24) is 0 Å². The molecule has 0 saturated carbocycles. The summed E-state index contributed by atoms with van der Waals surface area (Å²) in [6, 6.07) is 5.23. The van der Waals surface area contributed by atoms with Gasteiger partial charge in [0.1, 0.15) is 10.6 Å². The number of hydrogen-bond donors (Lipinski definition) is 3. The summed E-state index contributed by atoms with van der Waals surface area (Å²) in [6.07, 6.45) is 0. The number of rotatable bonds is 1. The summed E-state index contributed by atoms with van der Waals surface area (Å²) >= 11 is 5.75. The van der Waals surface area contributed by atoms with Crippen LogP contribution in [-0.2, 0) is 10.1 Å². The summed E-state index contributed by atoms with van der Waals surface area (Å²) in [5.74, 6) is -0.410. The Morgan fingerprint density at radius 2 is 1.82 bits per heavy atom. The molecule has 0 aromatic heterocycles. The molecule has 0 fully saturated rings. The van der Waals surface area contributed by atoms with Crippen molar-refractivity contribution in [2.24, 2.45) is 0 Å². The lowest BCUT2D eigenvalue weighted by Gasteiger charge is -2.09. The van der Waals surface area contributed by atoms with Crippen LogP contribution in [0.1, 0.15) is 0 Å². The van der Waals surface area contributed by atoms with Gasteiger partial charge in [-0.05, 0) is 12.1 Å². The molecule has 7 heteroatoms. The highest BCUT2D eigenvalue weighted by Gasteiger charge is 2.18. The largest absolute Gasteiger partial charge is 0.506 e. The Morgan fingerprint density at radius 1 is 1.18 bits per heavy atom. The van der Waals surface area contributed by atoms with Gasteiger partial charge in [-0.2, -0.15) is 8.42 Å². The van der Waals surface area contributed by atoms with Crippen molar-refractivity contribution in [3.63, 3.8) is 0 Å². The quantitative estimate of drug-likeness (QED) is 0.419. The van der Waals surface area contributed by atoms with Crippen LogP contribution in [0, 0.1) is 0 Å². The smallest absolute Gasteiger partial charge is 0.295 e. The Balaban J connectivity index is 3.04. The van der Waals surface area contributed by atoms with Crippen molar-refractivity contribution in [1.29, 1.82) is 0 Å². The topological polar surface area (TPSA) is 101 Å². The highest BCUT2D eigenvalue weighted by Crippen LogP contribution is 2.36. The summed E-state index contributed by atoms with van der Waals surface area (Å²) in [4.78, 5) is -0.429. The summed E-state index contributed by atoms with van der Waals surface area (Å²) in [5, 5.41) is 10.3. The fourth-order valence-electron chi connectivity index (χ4n) is 1.59. The number of hydrogen-bond acceptors (Lipinski definition) is 4. The molecule has 17 heavy (non-hydrogen) atoms. The van der Waals surface area contributed by atoms with Crippen molar-refractivity contribution >= 4 is 38.2 Å². The van der Waals surface area contributed by atoms with Crippen LogP contribution in [0.3, 0.4) is 0 Å². The van der Waals surface area contributed by atoms with Gasteiger partial charge in [-0.3, -0.25) is 4.55 Å². The second kappa shape index (κ2) is 3.76. The molecule has 2 rings (SSSR count). The van der Waals surface area contributed by atoms with Crippen LogP contribution in [0.25, 0.3) is 10.8 Å². The SMILES string of the molecule is Nc1c(O)cc(S(=O)(=O)O)c2cc(Cl)ccc12. The second-order valence-electron chi connectivity index (χ2n) is 3.47. The summed E-state index contributed by atoms with van der Waals surface area (Å²) in [6.45, 7) is 0. The lowest BCUT2D eigenvalue weighted by Crippen LogP contribution is -2.01. The van der Waals surface area contributed by atoms with E-state index in [-0.39, 0.29) is 11.1 Å². The molecule has 0 spiro atoms. The zero-order valence-electron chi connectivity index (χ0n) is 8.38. The van der Waals surface area contributed by atoms with Crippen molar-refractivity contribution in [2.45, 2.75) is 4.90 Å². The lowest BCUT2D eigenvalue weighted by molar-refractivity contribution is 0.469. The monoisotopic (exact) mass is 273 g/mol. The fourth-order valence-corrected chi connectivity index (χ4v) is 2.47. The van der Waals surface area contributed by atoms with Crippen molar-refractivity contribution < 1.29 is 18.1 Å². The molecule has 4 N–H and O–H groups in total. The van der Waals surface area contributed by atoms with Crippen molar-refractivity contribution in [3.05, 3.63) is 29.3 Å². The molecular formula is C10H8ClNO4S. The molecule has 2 aromatic carbocycles. The van der Waals surface area contributed by atoms with Crippen molar-refractivity contribution in [3.8, 4) is 5.75 Å². The number of nitrogens with two attached hydrogens (primary N) is 1. The van der Waals surface area contributed by atoms with E-state index in [1.54, 1.807) is 0 Å². The van der Waals surface area contributed by atoms with E-state index in [2.05, 4.69) is 0 Å². The Labute approximate surface area is 102 Å². The average Bonchev–Trinajstić information content (AvgIpc) is 2.21. The number of phenolic OH excluding ortho intramolecular Hbond substituents is 1. The molecule has 0 bridgehead atoms. The summed E-state index contributed by atoms with van der Waals surface area (Å²) < 4.78 is 31.4. The van der Waals surface area contributed by atoms with E-state index in [0.717, 1.165) is 6.07 Å². The highest BCUT2D eigenvalue weighted by atomic mass is 35.5. The van der Waals surface area contributed by atoms with E-state index >= 15 is 0 Å². The van der Waals surface area contributed by atoms with E-state index in [1.165, 1.54) is 18.2 Å². The van der Waals surface area contributed by atoms with Gasteiger partial charge >= 0.3 is 0 Å². The predicted molar refractivity (Wildman–Crippen MR) is 64.8 cm³/mol.